The van der Waals surface area contributed by atoms with E-state index in [4.69, 9.17) is 5.73 Å². The predicted molar refractivity (Wildman–Crippen MR) is 68.0 cm³/mol. The molecule has 0 aliphatic carbocycles. The van der Waals surface area contributed by atoms with Crippen molar-refractivity contribution in [3.63, 3.8) is 0 Å². The van der Waals surface area contributed by atoms with Crippen molar-refractivity contribution in [2.75, 3.05) is 12.8 Å². The fraction of sp³-hybridized carbons (Fsp3) is 0.182. The van der Waals surface area contributed by atoms with E-state index in [1.807, 2.05) is 0 Å². The summed E-state index contributed by atoms with van der Waals surface area (Å²) in [5.74, 6) is -2.75. The molecule has 1 heterocycles. The highest BCUT2D eigenvalue weighted by molar-refractivity contribution is 7.89. The molecule has 20 heavy (non-hydrogen) atoms. The summed E-state index contributed by atoms with van der Waals surface area (Å²) < 4.78 is 52.2. The van der Waals surface area contributed by atoms with Crippen molar-refractivity contribution in [1.82, 2.24) is 14.5 Å². The summed E-state index contributed by atoms with van der Waals surface area (Å²) in [6, 6.07) is 1.62. The Balaban J connectivity index is 2.40. The van der Waals surface area contributed by atoms with Gasteiger partial charge in [-0.25, -0.2) is 17.2 Å². The Morgan fingerprint density at radius 3 is 2.70 bits per heavy atom. The van der Waals surface area contributed by atoms with Gasteiger partial charge in [0.25, 0.3) is 0 Å². The molecule has 0 aliphatic heterocycles. The molecule has 1 aromatic carbocycles. The van der Waals surface area contributed by atoms with Crippen LogP contribution >= 0.6 is 0 Å². The minimum Gasteiger partial charge on any atom is -0.399 e. The summed E-state index contributed by atoms with van der Waals surface area (Å²) in [5, 5.41) is 6.21. The van der Waals surface area contributed by atoms with Gasteiger partial charge in [-0.2, -0.15) is 9.40 Å². The summed E-state index contributed by atoms with van der Waals surface area (Å²) in [6.45, 7) is -0.0330. The number of aromatic nitrogens is 2. The van der Waals surface area contributed by atoms with Crippen molar-refractivity contribution in [2.24, 2.45) is 0 Å². The van der Waals surface area contributed by atoms with Gasteiger partial charge < -0.3 is 5.73 Å². The van der Waals surface area contributed by atoms with Crippen molar-refractivity contribution >= 4 is 15.7 Å². The Labute approximate surface area is 114 Å². The predicted octanol–water partition coefficient (Wildman–Crippen LogP) is 1.09. The molecule has 0 spiro atoms. The van der Waals surface area contributed by atoms with E-state index in [2.05, 4.69) is 10.2 Å². The first-order valence-electron chi connectivity index (χ1n) is 5.51. The van der Waals surface area contributed by atoms with Crippen LogP contribution in [0.25, 0.3) is 0 Å². The lowest BCUT2D eigenvalue weighted by molar-refractivity contribution is 0.447. The number of rotatable bonds is 4. The van der Waals surface area contributed by atoms with E-state index < -0.39 is 26.6 Å². The van der Waals surface area contributed by atoms with Crippen LogP contribution in [-0.4, -0.2) is 30.0 Å². The first-order chi connectivity index (χ1) is 9.32. The van der Waals surface area contributed by atoms with Gasteiger partial charge in [0.15, 0.2) is 11.6 Å². The van der Waals surface area contributed by atoms with Crippen LogP contribution in [0.2, 0.25) is 0 Å². The number of hydrogen-bond acceptors (Lipinski definition) is 4. The van der Waals surface area contributed by atoms with Crippen LogP contribution in [0.5, 0.6) is 0 Å². The average molecular weight is 302 g/mol. The van der Waals surface area contributed by atoms with Gasteiger partial charge in [0.1, 0.15) is 4.90 Å². The van der Waals surface area contributed by atoms with E-state index in [9.17, 15) is 17.2 Å². The number of nitrogen functional groups attached to an aromatic ring is 1. The molecule has 2 aromatic rings. The SMILES string of the molecule is CN(Cc1cn[nH]c1)S(=O)(=O)c1cc(N)cc(F)c1F. The summed E-state index contributed by atoms with van der Waals surface area (Å²) in [6.07, 6.45) is 2.94. The molecule has 0 saturated carbocycles. The van der Waals surface area contributed by atoms with Gasteiger partial charge in [0.05, 0.1) is 6.20 Å². The zero-order valence-corrected chi connectivity index (χ0v) is 11.3. The molecule has 0 atom stereocenters. The number of aromatic amines is 1. The van der Waals surface area contributed by atoms with E-state index in [0.29, 0.717) is 5.56 Å². The molecule has 0 bridgehead atoms. The Bertz CT molecular complexity index is 716. The van der Waals surface area contributed by atoms with Gasteiger partial charge in [0, 0.05) is 31.0 Å². The maximum absolute atomic E-state index is 13.7. The van der Waals surface area contributed by atoms with Gasteiger partial charge in [0.2, 0.25) is 10.0 Å². The monoisotopic (exact) mass is 302 g/mol. The van der Waals surface area contributed by atoms with E-state index in [1.54, 1.807) is 0 Å². The zero-order valence-electron chi connectivity index (χ0n) is 10.5. The molecule has 9 heteroatoms. The highest BCUT2D eigenvalue weighted by Crippen LogP contribution is 2.24. The topological polar surface area (TPSA) is 92.1 Å². The average Bonchev–Trinajstić information content (AvgIpc) is 2.86. The van der Waals surface area contributed by atoms with Gasteiger partial charge in [-0.1, -0.05) is 0 Å². The third kappa shape index (κ3) is 2.63. The molecule has 0 aliphatic rings. The quantitative estimate of drug-likeness (QED) is 0.827. The summed E-state index contributed by atoms with van der Waals surface area (Å²) in [7, 11) is -2.94. The Morgan fingerprint density at radius 1 is 1.40 bits per heavy atom. The van der Waals surface area contributed by atoms with Gasteiger partial charge in [-0.15, -0.1) is 0 Å². The van der Waals surface area contributed by atoms with Crippen molar-refractivity contribution in [1.29, 1.82) is 0 Å². The number of anilines is 1. The third-order valence-corrected chi connectivity index (χ3v) is 4.47. The lowest BCUT2D eigenvalue weighted by Crippen LogP contribution is -2.27. The highest BCUT2D eigenvalue weighted by Gasteiger charge is 2.27. The Hall–Kier alpha value is -2.00. The summed E-state index contributed by atoms with van der Waals surface area (Å²) in [5.41, 5.74) is 5.77. The maximum atomic E-state index is 13.7. The van der Waals surface area contributed by atoms with Crippen molar-refractivity contribution in [3.8, 4) is 0 Å². The number of H-pyrrole nitrogens is 1. The minimum atomic E-state index is -4.19. The van der Waals surface area contributed by atoms with Crippen LogP contribution in [0.4, 0.5) is 14.5 Å². The maximum Gasteiger partial charge on any atom is 0.246 e. The minimum absolute atomic E-state index is 0.0330. The van der Waals surface area contributed by atoms with Crippen LogP contribution < -0.4 is 5.73 Å². The summed E-state index contributed by atoms with van der Waals surface area (Å²) in [4.78, 5) is -0.791. The lowest BCUT2D eigenvalue weighted by atomic mass is 10.3. The lowest BCUT2D eigenvalue weighted by Gasteiger charge is -2.17. The fourth-order valence-corrected chi connectivity index (χ4v) is 2.91. The second-order valence-corrected chi connectivity index (χ2v) is 6.20. The molecule has 2 rings (SSSR count). The second-order valence-electron chi connectivity index (χ2n) is 4.18. The molecule has 3 N–H and O–H groups in total. The molecule has 108 valence electrons. The van der Waals surface area contributed by atoms with Gasteiger partial charge in [-0.3, -0.25) is 5.10 Å². The van der Waals surface area contributed by atoms with Crippen LogP contribution in [0.1, 0.15) is 5.56 Å². The zero-order chi connectivity index (χ0) is 14.9. The van der Waals surface area contributed by atoms with E-state index in [0.717, 1.165) is 16.4 Å². The molecule has 6 nitrogen and oxygen atoms in total. The first kappa shape index (κ1) is 14.4. The van der Waals surface area contributed by atoms with E-state index in [-0.39, 0.29) is 12.2 Å². The van der Waals surface area contributed by atoms with Crippen LogP contribution in [0.15, 0.2) is 29.4 Å². The number of benzene rings is 1. The molecular weight excluding hydrogens is 290 g/mol. The van der Waals surface area contributed by atoms with Gasteiger partial charge in [-0.05, 0) is 12.1 Å². The Kier molecular flexibility index (Phi) is 3.73. The van der Waals surface area contributed by atoms with Crippen LogP contribution in [-0.2, 0) is 16.6 Å². The molecule has 1 aromatic heterocycles. The van der Waals surface area contributed by atoms with Crippen molar-refractivity contribution in [2.45, 2.75) is 11.4 Å². The number of sulfonamides is 1. The molecule has 0 amide bonds. The number of nitrogens with two attached hydrogens (primary N) is 1. The molecule has 0 saturated heterocycles. The van der Waals surface area contributed by atoms with Gasteiger partial charge >= 0.3 is 0 Å². The number of nitrogens with zero attached hydrogens (tertiary/aromatic N) is 2. The van der Waals surface area contributed by atoms with Crippen molar-refractivity contribution in [3.05, 3.63) is 41.7 Å². The Morgan fingerprint density at radius 2 is 2.10 bits per heavy atom. The van der Waals surface area contributed by atoms with Crippen LogP contribution in [0.3, 0.4) is 0 Å². The van der Waals surface area contributed by atoms with E-state index >= 15 is 0 Å². The third-order valence-electron chi connectivity index (χ3n) is 2.67. The largest absolute Gasteiger partial charge is 0.399 e. The smallest absolute Gasteiger partial charge is 0.246 e. The molecule has 0 fully saturated rings. The standard InChI is InChI=1S/C11H12F2N4O2S/c1-17(6-7-4-15-16-5-7)20(18,19)10-3-8(14)2-9(12)11(10)13/h2-5H,6,14H2,1H3,(H,15,16). The molecular formula is C11H12F2N4O2S. The second kappa shape index (κ2) is 5.17. The van der Waals surface area contributed by atoms with E-state index in [1.165, 1.54) is 19.4 Å². The first-order valence-corrected chi connectivity index (χ1v) is 6.95. The number of nitrogens with one attached hydrogen (secondary N) is 1. The normalized spacial score (nSPS) is 12.0. The molecule has 0 radical (unpaired) electrons. The van der Waals surface area contributed by atoms with Crippen LogP contribution in [0, 0.1) is 11.6 Å². The fourth-order valence-electron chi connectivity index (χ4n) is 1.65. The number of hydrogen-bond donors (Lipinski definition) is 2. The van der Waals surface area contributed by atoms with Crippen molar-refractivity contribution < 1.29 is 17.2 Å². The number of halogens is 2. The summed E-state index contributed by atoms with van der Waals surface area (Å²) >= 11 is 0. The highest BCUT2D eigenvalue weighted by atomic mass is 32.2. The molecule has 0 unspecified atom stereocenters.